The van der Waals surface area contributed by atoms with Crippen molar-refractivity contribution in [3.05, 3.63) is 95.2 Å². The molecule has 1 heterocycles. The Hall–Kier alpha value is -3.24. The fraction of sp³-hybridized carbons (Fsp3) is 0.0455. The summed E-state index contributed by atoms with van der Waals surface area (Å²) >= 11 is 5.96. The van der Waals surface area contributed by atoms with Gasteiger partial charge in [0, 0.05) is 17.0 Å². The Morgan fingerprint density at radius 2 is 1.67 bits per heavy atom. The second-order valence-corrected chi connectivity index (χ2v) is 6.47. The molecule has 1 amide bonds. The van der Waals surface area contributed by atoms with Crippen LogP contribution < -0.4 is 10.1 Å². The first kappa shape index (κ1) is 17.2. The molecule has 5 heteroatoms. The summed E-state index contributed by atoms with van der Waals surface area (Å²) in [7, 11) is 0. The number of para-hydroxylation sites is 1. The summed E-state index contributed by atoms with van der Waals surface area (Å²) in [4.78, 5) is 12.3. The summed E-state index contributed by atoms with van der Waals surface area (Å²) < 4.78 is 11.3. The largest absolute Gasteiger partial charge is 0.457 e. The van der Waals surface area contributed by atoms with Crippen LogP contribution in [0.25, 0.3) is 11.0 Å². The number of ether oxygens (including phenoxy) is 1. The van der Waals surface area contributed by atoms with Gasteiger partial charge in [0.05, 0.1) is 0 Å². The Kier molecular flexibility index (Phi) is 4.81. The van der Waals surface area contributed by atoms with Gasteiger partial charge in [-0.1, -0.05) is 41.9 Å². The number of benzene rings is 3. The van der Waals surface area contributed by atoms with Gasteiger partial charge in [0.15, 0.2) is 5.76 Å². The number of carbonyl (C=O) groups is 1. The normalized spacial score (nSPS) is 10.7. The first-order valence-electron chi connectivity index (χ1n) is 8.46. The van der Waals surface area contributed by atoms with E-state index in [0.29, 0.717) is 17.2 Å². The maximum atomic E-state index is 12.3. The quantitative estimate of drug-likeness (QED) is 0.477. The zero-order valence-electron chi connectivity index (χ0n) is 14.3. The fourth-order valence-corrected chi connectivity index (χ4v) is 2.88. The summed E-state index contributed by atoms with van der Waals surface area (Å²) in [6.07, 6.45) is 0. The lowest BCUT2D eigenvalue weighted by Crippen LogP contribution is -2.22. The lowest BCUT2D eigenvalue weighted by Gasteiger charge is -2.07. The van der Waals surface area contributed by atoms with E-state index < -0.39 is 0 Å². The smallest absolute Gasteiger partial charge is 0.287 e. The third kappa shape index (κ3) is 4.13. The molecule has 0 bridgehead atoms. The average molecular weight is 378 g/mol. The predicted molar refractivity (Wildman–Crippen MR) is 105 cm³/mol. The number of halogens is 1. The van der Waals surface area contributed by atoms with Crippen LogP contribution in [0.2, 0.25) is 5.02 Å². The van der Waals surface area contributed by atoms with Crippen LogP contribution in [0.1, 0.15) is 16.1 Å². The highest BCUT2D eigenvalue weighted by Crippen LogP contribution is 2.23. The van der Waals surface area contributed by atoms with E-state index in [2.05, 4.69) is 5.32 Å². The molecular weight excluding hydrogens is 362 g/mol. The van der Waals surface area contributed by atoms with Crippen molar-refractivity contribution in [2.45, 2.75) is 6.54 Å². The SMILES string of the molecule is O=C(NCc1ccc(Oc2ccccc2)cc1)c1cc2cc(Cl)ccc2o1. The molecular formula is C22H16ClNO3. The minimum atomic E-state index is -0.271. The van der Waals surface area contributed by atoms with Crippen LogP contribution in [0.15, 0.2) is 83.3 Å². The van der Waals surface area contributed by atoms with Crippen molar-refractivity contribution in [3.8, 4) is 11.5 Å². The fourth-order valence-electron chi connectivity index (χ4n) is 2.70. The Bertz CT molecular complexity index is 1070. The molecule has 0 fully saturated rings. The van der Waals surface area contributed by atoms with Crippen LogP contribution in [0, 0.1) is 0 Å². The second-order valence-electron chi connectivity index (χ2n) is 6.03. The van der Waals surface area contributed by atoms with Crippen LogP contribution >= 0.6 is 11.6 Å². The number of carbonyl (C=O) groups excluding carboxylic acids is 1. The van der Waals surface area contributed by atoms with E-state index in [4.69, 9.17) is 20.8 Å². The standard InChI is InChI=1S/C22H16ClNO3/c23-17-8-11-20-16(12-17)13-21(27-20)22(25)24-14-15-6-9-19(10-7-15)26-18-4-2-1-3-5-18/h1-13H,14H2,(H,24,25). The van der Waals surface area contributed by atoms with E-state index >= 15 is 0 Å². The van der Waals surface area contributed by atoms with Crippen molar-refractivity contribution in [3.63, 3.8) is 0 Å². The van der Waals surface area contributed by atoms with Gasteiger partial charge in [-0.3, -0.25) is 4.79 Å². The Labute approximate surface area is 161 Å². The molecule has 0 aliphatic heterocycles. The molecule has 4 aromatic rings. The summed E-state index contributed by atoms with van der Waals surface area (Å²) in [5.41, 5.74) is 1.59. The van der Waals surface area contributed by atoms with E-state index in [9.17, 15) is 4.79 Å². The molecule has 134 valence electrons. The lowest BCUT2D eigenvalue weighted by molar-refractivity contribution is 0.0925. The van der Waals surface area contributed by atoms with Gasteiger partial charge in [-0.2, -0.15) is 0 Å². The molecule has 0 aliphatic carbocycles. The van der Waals surface area contributed by atoms with Crippen LogP contribution in [0.4, 0.5) is 0 Å². The van der Waals surface area contributed by atoms with Crippen molar-refractivity contribution >= 4 is 28.5 Å². The van der Waals surface area contributed by atoms with Gasteiger partial charge in [0.25, 0.3) is 5.91 Å². The third-order valence-electron chi connectivity index (χ3n) is 4.06. The summed E-state index contributed by atoms with van der Waals surface area (Å²) in [5.74, 6) is 1.51. The third-order valence-corrected chi connectivity index (χ3v) is 4.29. The van der Waals surface area contributed by atoms with Gasteiger partial charge in [-0.25, -0.2) is 0 Å². The van der Waals surface area contributed by atoms with Crippen LogP contribution in [0.5, 0.6) is 11.5 Å². The number of hydrogen-bond acceptors (Lipinski definition) is 3. The lowest BCUT2D eigenvalue weighted by atomic mass is 10.2. The molecule has 0 spiro atoms. The number of amides is 1. The summed E-state index contributed by atoms with van der Waals surface area (Å²) in [5, 5.41) is 4.26. The van der Waals surface area contributed by atoms with Crippen molar-refractivity contribution in [2.24, 2.45) is 0 Å². The van der Waals surface area contributed by atoms with Gasteiger partial charge in [0.2, 0.25) is 0 Å². The number of hydrogen-bond donors (Lipinski definition) is 1. The van der Waals surface area contributed by atoms with Crippen LogP contribution in [-0.2, 0) is 6.54 Å². The molecule has 0 saturated heterocycles. The molecule has 0 radical (unpaired) electrons. The minimum Gasteiger partial charge on any atom is -0.457 e. The molecule has 0 unspecified atom stereocenters. The van der Waals surface area contributed by atoms with Crippen molar-refractivity contribution < 1.29 is 13.9 Å². The zero-order valence-corrected chi connectivity index (χ0v) is 15.1. The van der Waals surface area contributed by atoms with E-state index in [1.165, 1.54) is 0 Å². The molecule has 4 nitrogen and oxygen atoms in total. The Morgan fingerprint density at radius 3 is 2.44 bits per heavy atom. The van der Waals surface area contributed by atoms with E-state index in [1.54, 1.807) is 24.3 Å². The topological polar surface area (TPSA) is 51.5 Å². The zero-order chi connectivity index (χ0) is 18.6. The summed E-state index contributed by atoms with van der Waals surface area (Å²) in [6.45, 7) is 0.391. The van der Waals surface area contributed by atoms with Crippen molar-refractivity contribution in [1.29, 1.82) is 0 Å². The van der Waals surface area contributed by atoms with Gasteiger partial charge < -0.3 is 14.5 Å². The minimum absolute atomic E-state index is 0.260. The van der Waals surface area contributed by atoms with Crippen molar-refractivity contribution in [2.75, 3.05) is 0 Å². The highest BCUT2D eigenvalue weighted by Gasteiger charge is 2.12. The van der Waals surface area contributed by atoms with Gasteiger partial charge in [-0.05, 0) is 54.1 Å². The average Bonchev–Trinajstić information content (AvgIpc) is 3.11. The second kappa shape index (κ2) is 7.56. The van der Waals surface area contributed by atoms with Crippen LogP contribution in [0.3, 0.4) is 0 Å². The highest BCUT2D eigenvalue weighted by atomic mass is 35.5. The monoisotopic (exact) mass is 377 g/mol. The van der Waals surface area contributed by atoms with E-state index in [1.807, 2.05) is 54.6 Å². The molecule has 4 rings (SSSR count). The molecule has 0 saturated carbocycles. The Balaban J connectivity index is 1.38. The maximum Gasteiger partial charge on any atom is 0.287 e. The number of nitrogens with one attached hydrogen (secondary N) is 1. The van der Waals surface area contributed by atoms with Crippen LogP contribution in [-0.4, -0.2) is 5.91 Å². The highest BCUT2D eigenvalue weighted by molar-refractivity contribution is 6.31. The maximum absolute atomic E-state index is 12.3. The van der Waals surface area contributed by atoms with Crippen molar-refractivity contribution in [1.82, 2.24) is 5.32 Å². The van der Waals surface area contributed by atoms with E-state index in [-0.39, 0.29) is 11.7 Å². The molecule has 0 atom stereocenters. The summed E-state index contributed by atoms with van der Waals surface area (Å²) in [6, 6.07) is 24.1. The number of rotatable bonds is 5. The molecule has 1 aromatic heterocycles. The number of fused-ring (bicyclic) bond motifs is 1. The number of furan rings is 1. The predicted octanol–water partition coefficient (Wildman–Crippen LogP) is 5.81. The Morgan fingerprint density at radius 1 is 0.926 bits per heavy atom. The molecule has 1 N–H and O–H groups in total. The van der Waals surface area contributed by atoms with Gasteiger partial charge in [-0.15, -0.1) is 0 Å². The first-order chi connectivity index (χ1) is 13.2. The first-order valence-corrected chi connectivity index (χ1v) is 8.84. The van der Waals surface area contributed by atoms with Gasteiger partial charge >= 0.3 is 0 Å². The molecule has 3 aromatic carbocycles. The molecule has 0 aliphatic rings. The van der Waals surface area contributed by atoms with E-state index in [0.717, 1.165) is 22.4 Å². The molecule has 27 heavy (non-hydrogen) atoms. The van der Waals surface area contributed by atoms with Gasteiger partial charge in [0.1, 0.15) is 17.1 Å².